The van der Waals surface area contributed by atoms with Gasteiger partial charge in [0.05, 0.1) is 12.7 Å². The SMILES string of the molecule is O=S(=O)([O-])C/N=C/c1ccccc1[O-].[Zn+2].c1c[nH]cn1.c1c[nH]cn1. The molecule has 0 spiro atoms. The first kappa shape index (κ1) is 22.6. The van der Waals surface area contributed by atoms with Crippen LogP contribution in [0.4, 0.5) is 0 Å². The molecule has 0 aliphatic carbocycles. The maximum absolute atomic E-state index is 11.1. The van der Waals surface area contributed by atoms with E-state index in [0.29, 0.717) is 0 Å². The van der Waals surface area contributed by atoms with Gasteiger partial charge in [0.2, 0.25) is 0 Å². The van der Waals surface area contributed by atoms with Gasteiger partial charge >= 0.3 is 19.5 Å². The number of aromatic nitrogens is 4. The van der Waals surface area contributed by atoms with Gasteiger partial charge in [0.1, 0.15) is 16.0 Å². The van der Waals surface area contributed by atoms with Gasteiger partial charge in [-0.3, -0.25) is 4.99 Å². The zero-order chi connectivity index (χ0) is 17.7. The summed E-state index contributed by atoms with van der Waals surface area (Å²) in [5, 5.41) is 11.1. The fourth-order valence-corrected chi connectivity index (χ4v) is 1.50. The molecule has 2 heterocycles. The Labute approximate surface area is 157 Å². The second-order valence-electron chi connectivity index (χ2n) is 4.06. The van der Waals surface area contributed by atoms with Crippen molar-refractivity contribution < 1.29 is 37.6 Å². The summed E-state index contributed by atoms with van der Waals surface area (Å²) in [4.78, 5) is 16.2. The Bertz CT molecular complexity index is 732. The van der Waals surface area contributed by atoms with Gasteiger partial charge in [0.25, 0.3) is 0 Å². The molecular weight excluding hydrogens is 400 g/mol. The fourth-order valence-electron chi connectivity index (χ4n) is 1.24. The van der Waals surface area contributed by atoms with Crippen LogP contribution in [-0.4, -0.2) is 45.0 Å². The largest absolute Gasteiger partial charge is 2.00 e. The van der Waals surface area contributed by atoms with E-state index in [-0.39, 0.29) is 30.8 Å². The minimum Gasteiger partial charge on any atom is -0.872 e. The van der Waals surface area contributed by atoms with E-state index in [9.17, 15) is 18.1 Å². The maximum atomic E-state index is 11.1. The van der Waals surface area contributed by atoms with Crippen LogP contribution in [0.15, 0.2) is 66.7 Å². The van der Waals surface area contributed by atoms with Crippen molar-refractivity contribution in [2.24, 2.45) is 4.99 Å². The molecule has 2 aromatic heterocycles. The Morgan fingerprint density at radius 2 is 1.64 bits per heavy atom. The van der Waals surface area contributed by atoms with Crippen molar-refractivity contribution in [1.29, 1.82) is 0 Å². The molecule has 0 saturated heterocycles. The molecule has 9 nitrogen and oxygen atoms in total. The molecule has 0 fully saturated rings. The number of H-pyrrole nitrogens is 2. The Kier molecular flexibility index (Phi) is 11.8. The van der Waals surface area contributed by atoms with Crippen LogP contribution in [0.2, 0.25) is 0 Å². The number of nitrogens with zero attached hydrogens (tertiary/aromatic N) is 3. The molecule has 3 aromatic rings. The van der Waals surface area contributed by atoms with Gasteiger partial charge in [-0.15, -0.1) is 5.75 Å². The van der Waals surface area contributed by atoms with Gasteiger partial charge in [-0.25, -0.2) is 18.4 Å². The Morgan fingerprint density at radius 3 is 2.00 bits per heavy atom. The van der Waals surface area contributed by atoms with Crippen molar-refractivity contribution in [3.05, 3.63) is 67.3 Å². The molecule has 2 N–H and O–H groups in total. The summed E-state index contributed by atoms with van der Waals surface area (Å²) in [5.74, 6) is -1.11. The normalized spacial score (nSPS) is 9.96. The summed E-state index contributed by atoms with van der Waals surface area (Å²) in [6.45, 7) is 0. The van der Waals surface area contributed by atoms with E-state index in [4.69, 9.17) is 0 Å². The zero-order valence-corrected chi connectivity index (χ0v) is 16.9. The number of aliphatic imine (C=N–C) groups is 1. The number of para-hydroxylation sites is 1. The van der Waals surface area contributed by atoms with Crippen molar-refractivity contribution in [2.75, 3.05) is 5.88 Å². The van der Waals surface area contributed by atoms with Crippen LogP contribution in [-0.2, 0) is 29.6 Å². The summed E-state index contributed by atoms with van der Waals surface area (Å²) >= 11 is 0. The average molecular weight is 415 g/mol. The zero-order valence-electron chi connectivity index (χ0n) is 13.1. The maximum Gasteiger partial charge on any atom is 2.00 e. The second kappa shape index (κ2) is 13.0. The smallest absolute Gasteiger partial charge is 0.872 e. The topological polar surface area (TPSA) is 150 Å². The molecule has 0 saturated carbocycles. The molecule has 0 amide bonds. The first-order chi connectivity index (χ1) is 11.5. The summed E-state index contributed by atoms with van der Waals surface area (Å²) in [6, 6.07) is 5.99. The Morgan fingerprint density at radius 1 is 1.08 bits per heavy atom. The molecule has 1 aromatic carbocycles. The first-order valence-corrected chi connectivity index (χ1v) is 8.11. The number of rotatable bonds is 3. The third-order valence-electron chi connectivity index (χ3n) is 2.19. The van der Waals surface area contributed by atoms with Gasteiger partial charge in [-0.2, -0.15) is 0 Å². The van der Waals surface area contributed by atoms with E-state index in [1.165, 1.54) is 12.1 Å². The standard InChI is InChI=1S/C8H9NO4S.2C3H4N2.Zn/c10-8-4-2-1-3-7(8)5-9-6-14(11,12)13;2*1-2-5-3-4-1;/h1-5,10H,6H2,(H,11,12,13);2*1-3H,(H,4,5);/q;;;+2/p-2/b9-5+;;;. The van der Waals surface area contributed by atoms with Gasteiger partial charge in [-0.05, 0) is 5.56 Å². The van der Waals surface area contributed by atoms with E-state index in [1.807, 2.05) is 0 Å². The molecule has 128 valence electrons. The first-order valence-electron chi connectivity index (χ1n) is 6.54. The molecule has 3 rings (SSSR count). The van der Waals surface area contributed by atoms with Crippen LogP contribution in [0.3, 0.4) is 0 Å². The van der Waals surface area contributed by atoms with Crippen molar-refractivity contribution in [3.8, 4) is 5.75 Å². The van der Waals surface area contributed by atoms with Crippen molar-refractivity contribution >= 4 is 16.3 Å². The number of hydrogen-bond donors (Lipinski definition) is 2. The van der Waals surface area contributed by atoms with Crippen molar-refractivity contribution in [2.45, 2.75) is 0 Å². The number of nitrogens with one attached hydrogen (secondary N) is 2. The molecule has 25 heavy (non-hydrogen) atoms. The molecule has 0 bridgehead atoms. The predicted molar refractivity (Wildman–Crippen MR) is 85.2 cm³/mol. The van der Waals surface area contributed by atoms with E-state index in [2.05, 4.69) is 24.9 Å². The van der Waals surface area contributed by atoms with Crippen molar-refractivity contribution in [1.82, 2.24) is 19.9 Å². The fraction of sp³-hybridized carbons (Fsp3) is 0.0714. The summed E-state index contributed by atoms with van der Waals surface area (Å²) in [6.07, 6.45) is 11.2. The van der Waals surface area contributed by atoms with Gasteiger partial charge in [0.15, 0.2) is 0 Å². The van der Waals surface area contributed by atoms with Crippen LogP contribution < -0.4 is 5.11 Å². The van der Waals surface area contributed by atoms with Crippen molar-refractivity contribution in [3.63, 3.8) is 0 Å². The van der Waals surface area contributed by atoms with Crippen LogP contribution in [0, 0.1) is 0 Å². The van der Waals surface area contributed by atoms with Gasteiger partial charge in [0, 0.05) is 31.0 Å². The number of hydrogen-bond acceptors (Lipinski definition) is 7. The number of aromatic amines is 2. The molecule has 0 radical (unpaired) electrons. The van der Waals surface area contributed by atoms with Crippen LogP contribution in [0.25, 0.3) is 0 Å². The number of imidazole rings is 2. The predicted octanol–water partition coefficient (Wildman–Crippen LogP) is 0.499. The van der Waals surface area contributed by atoms with Crippen LogP contribution in [0.5, 0.6) is 5.75 Å². The summed E-state index contributed by atoms with van der Waals surface area (Å²) in [7, 11) is -4.36. The van der Waals surface area contributed by atoms with Crippen LogP contribution in [0.1, 0.15) is 5.56 Å². The third-order valence-corrected chi connectivity index (χ3v) is 2.66. The van der Waals surface area contributed by atoms with E-state index in [1.54, 1.807) is 49.6 Å². The molecular formula is C14H15N5O4SZn. The average Bonchev–Trinajstić information content (AvgIpc) is 3.27. The molecule has 0 aliphatic heterocycles. The quantitative estimate of drug-likeness (QED) is 0.362. The van der Waals surface area contributed by atoms with Gasteiger partial charge < -0.3 is 19.6 Å². The minimum atomic E-state index is -4.36. The molecule has 0 unspecified atom stereocenters. The van der Waals surface area contributed by atoms with E-state index in [0.717, 1.165) is 6.21 Å². The third kappa shape index (κ3) is 12.7. The van der Waals surface area contributed by atoms with Crippen LogP contribution >= 0.6 is 0 Å². The minimum absolute atomic E-state index is 0. The summed E-state index contributed by atoms with van der Waals surface area (Å²) < 4.78 is 30.5. The Hall–Kier alpha value is -2.36. The van der Waals surface area contributed by atoms with E-state index >= 15 is 0 Å². The monoisotopic (exact) mass is 413 g/mol. The number of benzene rings is 1. The van der Waals surface area contributed by atoms with E-state index < -0.39 is 16.0 Å². The summed E-state index contributed by atoms with van der Waals surface area (Å²) in [5.41, 5.74) is 0.260. The second-order valence-corrected chi connectivity index (χ2v) is 5.43. The molecule has 0 aliphatic rings. The van der Waals surface area contributed by atoms with Gasteiger partial charge in [-0.1, -0.05) is 24.3 Å². The molecule has 0 atom stereocenters. The Balaban J connectivity index is 0.000000425. The molecule has 11 heteroatoms.